The van der Waals surface area contributed by atoms with E-state index in [0.717, 1.165) is 5.76 Å². The van der Waals surface area contributed by atoms with Crippen LogP contribution >= 0.6 is 0 Å². The second-order valence-corrected chi connectivity index (χ2v) is 6.49. The zero-order chi connectivity index (χ0) is 15.6. The van der Waals surface area contributed by atoms with Gasteiger partial charge in [-0.1, -0.05) is 13.8 Å². The molecule has 2 heterocycles. The average molecular weight is 295 g/mol. The summed E-state index contributed by atoms with van der Waals surface area (Å²) in [5.74, 6) is 0.931. The normalized spacial score (nSPS) is 21.8. The average Bonchev–Trinajstić information content (AvgIpc) is 2.85. The molecule has 1 atom stereocenters. The number of furan rings is 1. The summed E-state index contributed by atoms with van der Waals surface area (Å²) < 4.78 is 16.6. The predicted octanol–water partition coefficient (Wildman–Crippen LogP) is 2.67. The van der Waals surface area contributed by atoms with Gasteiger partial charge in [0.1, 0.15) is 5.76 Å². The first-order valence-electron chi connectivity index (χ1n) is 7.37. The van der Waals surface area contributed by atoms with E-state index in [9.17, 15) is 4.79 Å². The van der Waals surface area contributed by atoms with E-state index in [1.165, 1.54) is 0 Å². The maximum Gasteiger partial charge on any atom is 0.257 e. The molecule has 0 N–H and O–H groups in total. The van der Waals surface area contributed by atoms with Crippen LogP contribution in [0.2, 0.25) is 0 Å². The molecule has 1 aromatic rings. The Labute approximate surface area is 126 Å². The van der Waals surface area contributed by atoms with E-state index in [-0.39, 0.29) is 23.5 Å². The summed E-state index contributed by atoms with van der Waals surface area (Å²) in [5.41, 5.74) is 0.276. The molecule has 0 spiro atoms. The van der Waals surface area contributed by atoms with Gasteiger partial charge in [0.25, 0.3) is 5.91 Å². The molecule has 1 aliphatic heterocycles. The Morgan fingerprint density at radius 1 is 1.52 bits per heavy atom. The van der Waals surface area contributed by atoms with E-state index in [0.29, 0.717) is 25.3 Å². The van der Waals surface area contributed by atoms with E-state index < -0.39 is 0 Å². The van der Waals surface area contributed by atoms with Crippen LogP contribution in [-0.4, -0.2) is 49.3 Å². The SMILES string of the molecule is COC[C@@H]1CN(C(=O)c2ccoc2C(C)C)CC(C)(C)O1. The van der Waals surface area contributed by atoms with E-state index in [2.05, 4.69) is 0 Å². The Morgan fingerprint density at radius 3 is 2.86 bits per heavy atom. The van der Waals surface area contributed by atoms with Gasteiger partial charge in [-0.15, -0.1) is 0 Å². The molecule has 1 fully saturated rings. The third-order valence-electron chi connectivity index (χ3n) is 3.57. The fourth-order valence-corrected chi connectivity index (χ4v) is 2.84. The lowest BCUT2D eigenvalue weighted by Crippen LogP contribution is -2.55. The fraction of sp³-hybridized carbons (Fsp3) is 0.688. The van der Waals surface area contributed by atoms with Crippen LogP contribution in [0.5, 0.6) is 0 Å². The van der Waals surface area contributed by atoms with Crippen molar-refractivity contribution in [1.29, 1.82) is 0 Å². The van der Waals surface area contributed by atoms with E-state index in [4.69, 9.17) is 13.9 Å². The number of hydrogen-bond donors (Lipinski definition) is 0. The van der Waals surface area contributed by atoms with Gasteiger partial charge in [0.05, 0.1) is 30.1 Å². The van der Waals surface area contributed by atoms with Gasteiger partial charge in [-0.3, -0.25) is 4.79 Å². The monoisotopic (exact) mass is 295 g/mol. The molecule has 0 aliphatic carbocycles. The lowest BCUT2D eigenvalue weighted by molar-refractivity contribution is -0.143. The van der Waals surface area contributed by atoms with Crippen LogP contribution in [0.3, 0.4) is 0 Å². The Morgan fingerprint density at radius 2 is 2.24 bits per heavy atom. The second kappa shape index (κ2) is 6.20. The third kappa shape index (κ3) is 3.66. The van der Waals surface area contributed by atoms with Crippen LogP contribution in [0.25, 0.3) is 0 Å². The summed E-state index contributed by atoms with van der Waals surface area (Å²) >= 11 is 0. The number of carbonyl (C=O) groups is 1. The smallest absolute Gasteiger partial charge is 0.257 e. The molecule has 21 heavy (non-hydrogen) atoms. The number of nitrogens with zero attached hydrogens (tertiary/aromatic N) is 1. The third-order valence-corrected chi connectivity index (χ3v) is 3.57. The van der Waals surface area contributed by atoms with Gasteiger partial charge in [-0.25, -0.2) is 0 Å². The van der Waals surface area contributed by atoms with Gasteiger partial charge in [0, 0.05) is 26.1 Å². The first-order chi connectivity index (χ1) is 9.84. The van der Waals surface area contributed by atoms with Crippen molar-refractivity contribution in [2.45, 2.75) is 45.3 Å². The summed E-state index contributed by atoms with van der Waals surface area (Å²) in [6.07, 6.45) is 1.48. The lowest BCUT2D eigenvalue weighted by atomic mass is 10.0. The number of methoxy groups -OCH3 is 1. The molecule has 0 saturated carbocycles. The standard InChI is InChI=1S/C16H25NO4/c1-11(2)14-13(6-7-20-14)15(18)17-8-12(9-19-5)21-16(3,4)10-17/h6-7,11-12H,8-10H2,1-5H3/t12-/m0/s1. The summed E-state index contributed by atoms with van der Waals surface area (Å²) in [6, 6.07) is 1.76. The quantitative estimate of drug-likeness (QED) is 0.857. The highest BCUT2D eigenvalue weighted by Crippen LogP contribution is 2.26. The molecule has 1 aromatic heterocycles. The maximum atomic E-state index is 12.8. The molecule has 118 valence electrons. The van der Waals surface area contributed by atoms with Crippen molar-refractivity contribution in [2.24, 2.45) is 0 Å². The van der Waals surface area contributed by atoms with Gasteiger partial charge >= 0.3 is 0 Å². The van der Waals surface area contributed by atoms with Crippen molar-refractivity contribution in [1.82, 2.24) is 4.90 Å². The van der Waals surface area contributed by atoms with E-state index >= 15 is 0 Å². The minimum absolute atomic E-state index is 0.00456. The van der Waals surface area contributed by atoms with Gasteiger partial charge < -0.3 is 18.8 Å². The zero-order valence-electron chi connectivity index (χ0n) is 13.5. The number of ether oxygens (including phenoxy) is 2. The van der Waals surface area contributed by atoms with Gasteiger partial charge in [-0.2, -0.15) is 0 Å². The number of amides is 1. The summed E-state index contributed by atoms with van der Waals surface area (Å²) in [6.45, 7) is 9.62. The first kappa shape index (κ1) is 16.0. The highest BCUT2D eigenvalue weighted by atomic mass is 16.5. The largest absolute Gasteiger partial charge is 0.468 e. The molecular formula is C16H25NO4. The number of carbonyl (C=O) groups excluding carboxylic acids is 1. The molecular weight excluding hydrogens is 270 g/mol. The molecule has 1 aliphatic rings. The summed E-state index contributed by atoms with van der Waals surface area (Å²) in [7, 11) is 1.64. The highest BCUT2D eigenvalue weighted by Gasteiger charge is 2.36. The van der Waals surface area contributed by atoms with Crippen LogP contribution in [0, 0.1) is 0 Å². The van der Waals surface area contributed by atoms with Crippen molar-refractivity contribution in [2.75, 3.05) is 26.8 Å². The predicted molar refractivity (Wildman–Crippen MR) is 79.5 cm³/mol. The Hall–Kier alpha value is -1.33. The molecule has 0 aromatic carbocycles. The molecule has 0 radical (unpaired) electrons. The molecule has 1 saturated heterocycles. The number of morpholine rings is 1. The molecule has 1 amide bonds. The van der Waals surface area contributed by atoms with Crippen molar-refractivity contribution in [3.63, 3.8) is 0 Å². The summed E-state index contributed by atoms with van der Waals surface area (Å²) in [5, 5.41) is 0. The molecule has 2 rings (SSSR count). The molecule has 5 heteroatoms. The fourth-order valence-electron chi connectivity index (χ4n) is 2.84. The second-order valence-electron chi connectivity index (χ2n) is 6.49. The van der Waals surface area contributed by atoms with Crippen molar-refractivity contribution in [3.8, 4) is 0 Å². The maximum absolute atomic E-state index is 12.8. The van der Waals surface area contributed by atoms with Crippen LogP contribution in [0.4, 0.5) is 0 Å². The van der Waals surface area contributed by atoms with Gasteiger partial charge in [-0.05, 0) is 19.9 Å². The van der Waals surface area contributed by atoms with Crippen LogP contribution < -0.4 is 0 Å². The van der Waals surface area contributed by atoms with Crippen molar-refractivity contribution >= 4 is 5.91 Å². The minimum atomic E-state index is -0.376. The summed E-state index contributed by atoms with van der Waals surface area (Å²) in [4.78, 5) is 14.6. The Kier molecular flexibility index (Phi) is 4.74. The van der Waals surface area contributed by atoms with Gasteiger partial charge in [0.15, 0.2) is 0 Å². The van der Waals surface area contributed by atoms with Crippen molar-refractivity contribution in [3.05, 3.63) is 23.7 Å². The van der Waals surface area contributed by atoms with Crippen LogP contribution in [0.1, 0.15) is 49.7 Å². The van der Waals surface area contributed by atoms with Crippen molar-refractivity contribution < 1.29 is 18.7 Å². The van der Waals surface area contributed by atoms with E-state index in [1.807, 2.05) is 32.6 Å². The van der Waals surface area contributed by atoms with Gasteiger partial charge in [0.2, 0.25) is 0 Å². The first-order valence-corrected chi connectivity index (χ1v) is 7.37. The topological polar surface area (TPSA) is 51.9 Å². The molecule has 5 nitrogen and oxygen atoms in total. The number of rotatable bonds is 4. The molecule has 0 unspecified atom stereocenters. The molecule has 0 bridgehead atoms. The Balaban J connectivity index is 2.19. The van der Waals surface area contributed by atoms with Crippen LogP contribution in [0.15, 0.2) is 16.7 Å². The zero-order valence-corrected chi connectivity index (χ0v) is 13.5. The van der Waals surface area contributed by atoms with E-state index in [1.54, 1.807) is 19.4 Å². The Bertz CT molecular complexity index is 492. The lowest BCUT2D eigenvalue weighted by Gasteiger charge is -2.42. The number of hydrogen-bond acceptors (Lipinski definition) is 4. The minimum Gasteiger partial charge on any atom is -0.468 e. The highest BCUT2D eigenvalue weighted by molar-refractivity contribution is 5.95. The van der Waals surface area contributed by atoms with Crippen LogP contribution in [-0.2, 0) is 9.47 Å².